The highest BCUT2D eigenvalue weighted by atomic mass is 32.1. The van der Waals surface area contributed by atoms with Crippen molar-refractivity contribution in [2.45, 2.75) is 46.1 Å². The minimum atomic E-state index is 0.222. The van der Waals surface area contributed by atoms with Gasteiger partial charge in [-0.2, -0.15) is 0 Å². The van der Waals surface area contributed by atoms with Crippen LogP contribution >= 0.6 is 11.3 Å². The molecule has 1 aromatic heterocycles. The molecule has 1 aromatic rings. The van der Waals surface area contributed by atoms with Gasteiger partial charge < -0.3 is 5.32 Å². The molecule has 0 saturated carbocycles. The number of rotatable bonds is 5. The molecular weight excluding hydrogens is 216 g/mol. The molecule has 3 heteroatoms. The van der Waals surface area contributed by atoms with Gasteiger partial charge in [0, 0.05) is 23.0 Å². The highest BCUT2D eigenvalue weighted by Crippen LogP contribution is 2.12. The Morgan fingerprint density at radius 1 is 1.50 bits per heavy atom. The van der Waals surface area contributed by atoms with Gasteiger partial charge >= 0.3 is 0 Å². The zero-order chi connectivity index (χ0) is 12.0. The fourth-order valence-electron chi connectivity index (χ4n) is 1.44. The third-order valence-electron chi connectivity index (χ3n) is 2.23. The Balaban J connectivity index is 2.24. The van der Waals surface area contributed by atoms with Crippen molar-refractivity contribution in [2.24, 2.45) is 0 Å². The van der Waals surface area contributed by atoms with E-state index in [0.717, 1.165) is 19.4 Å². The van der Waals surface area contributed by atoms with E-state index >= 15 is 0 Å². The summed E-state index contributed by atoms with van der Waals surface area (Å²) in [5.41, 5.74) is 3.54. The molecular formula is C13H22N2S. The molecule has 0 aliphatic rings. The van der Waals surface area contributed by atoms with E-state index in [1.807, 2.05) is 11.7 Å². The van der Waals surface area contributed by atoms with E-state index < -0.39 is 0 Å². The van der Waals surface area contributed by atoms with E-state index in [1.54, 1.807) is 11.3 Å². The maximum absolute atomic E-state index is 4.08. The second-order valence-electron chi connectivity index (χ2n) is 5.16. The Bertz CT molecular complexity index is 320. The van der Waals surface area contributed by atoms with Gasteiger partial charge in [0.25, 0.3) is 0 Å². The number of nitrogens with zero attached hydrogens (tertiary/aromatic N) is 1. The Morgan fingerprint density at radius 2 is 2.25 bits per heavy atom. The summed E-state index contributed by atoms with van der Waals surface area (Å²) in [6.45, 7) is 9.82. The summed E-state index contributed by atoms with van der Waals surface area (Å²) < 4.78 is 0. The number of allylic oxidation sites excluding steroid dienone is 1. The fraction of sp³-hybridized carbons (Fsp3) is 0.615. The normalized spacial score (nSPS) is 13.1. The van der Waals surface area contributed by atoms with Gasteiger partial charge in [-0.1, -0.05) is 11.6 Å². The van der Waals surface area contributed by atoms with E-state index in [4.69, 9.17) is 0 Å². The van der Waals surface area contributed by atoms with Crippen molar-refractivity contribution < 1.29 is 0 Å². The van der Waals surface area contributed by atoms with Crippen LogP contribution in [0.5, 0.6) is 0 Å². The topological polar surface area (TPSA) is 24.9 Å². The second-order valence-corrected chi connectivity index (χ2v) is 6.13. The Hall–Kier alpha value is -0.670. The number of aromatic nitrogens is 1. The fourth-order valence-corrected chi connectivity index (χ4v) is 2.13. The summed E-state index contributed by atoms with van der Waals surface area (Å²) in [5, 5.41) is 3.48. The van der Waals surface area contributed by atoms with Crippen molar-refractivity contribution >= 4 is 11.3 Å². The largest absolute Gasteiger partial charge is 0.312 e. The van der Waals surface area contributed by atoms with Crippen molar-refractivity contribution in [3.05, 3.63) is 28.2 Å². The molecule has 0 saturated heterocycles. The molecule has 0 spiro atoms. The second kappa shape index (κ2) is 6.16. The highest BCUT2D eigenvalue weighted by molar-refractivity contribution is 7.09. The summed E-state index contributed by atoms with van der Waals surface area (Å²) in [6, 6.07) is 0. The lowest BCUT2D eigenvalue weighted by molar-refractivity contribution is 0.431. The van der Waals surface area contributed by atoms with E-state index in [9.17, 15) is 0 Å². The van der Waals surface area contributed by atoms with E-state index in [2.05, 4.69) is 44.1 Å². The summed E-state index contributed by atoms with van der Waals surface area (Å²) in [7, 11) is 0. The van der Waals surface area contributed by atoms with Gasteiger partial charge in [0.2, 0.25) is 0 Å². The van der Waals surface area contributed by atoms with Crippen molar-refractivity contribution in [2.75, 3.05) is 6.54 Å². The minimum absolute atomic E-state index is 0.222. The Kier molecular flexibility index (Phi) is 5.16. The first-order valence-electron chi connectivity index (χ1n) is 5.75. The van der Waals surface area contributed by atoms with Crippen LogP contribution in [-0.4, -0.2) is 17.1 Å². The van der Waals surface area contributed by atoms with Gasteiger partial charge in [-0.15, -0.1) is 11.3 Å². The van der Waals surface area contributed by atoms with Gasteiger partial charge in [-0.05, 0) is 40.7 Å². The molecule has 0 fully saturated rings. The van der Waals surface area contributed by atoms with Crippen LogP contribution < -0.4 is 5.32 Å². The third-order valence-corrected chi connectivity index (χ3v) is 3.01. The van der Waals surface area contributed by atoms with Gasteiger partial charge in [0.1, 0.15) is 0 Å². The molecule has 0 aliphatic carbocycles. The Labute approximate surface area is 103 Å². The standard InChI is InChI=1S/C13H22N2S/c1-11(8-12-9-14-10-16-12)6-5-7-15-13(2,3)4/h6,9-10,15H,5,7-8H2,1-4H3. The van der Waals surface area contributed by atoms with Crippen LogP contribution in [0.15, 0.2) is 23.4 Å². The summed E-state index contributed by atoms with van der Waals surface area (Å²) >= 11 is 1.73. The van der Waals surface area contributed by atoms with Crippen molar-refractivity contribution in [3.8, 4) is 0 Å². The van der Waals surface area contributed by atoms with Crippen LogP contribution in [0, 0.1) is 0 Å². The van der Waals surface area contributed by atoms with Crippen LogP contribution in [0.25, 0.3) is 0 Å². The van der Waals surface area contributed by atoms with Gasteiger partial charge in [0.15, 0.2) is 0 Å². The monoisotopic (exact) mass is 238 g/mol. The molecule has 1 heterocycles. The average molecular weight is 238 g/mol. The zero-order valence-electron chi connectivity index (χ0n) is 10.7. The van der Waals surface area contributed by atoms with Crippen molar-refractivity contribution in [3.63, 3.8) is 0 Å². The molecule has 0 aromatic carbocycles. The molecule has 1 rings (SSSR count). The lowest BCUT2D eigenvalue weighted by Crippen LogP contribution is -2.36. The SMILES string of the molecule is CC(=CCCNC(C)(C)C)Cc1cncs1. The number of hydrogen-bond donors (Lipinski definition) is 1. The molecule has 0 aliphatic heterocycles. The van der Waals surface area contributed by atoms with Gasteiger partial charge in [-0.25, -0.2) is 0 Å². The summed E-state index contributed by atoms with van der Waals surface area (Å²) in [6.07, 6.45) is 6.41. The molecule has 0 radical (unpaired) electrons. The maximum atomic E-state index is 4.08. The Morgan fingerprint density at radius 3 is 2.81 bits per heavy atom. The summed E-state index contributed by atoms with van der Waals surface area (Å²) in [4.78, 5) is 5.43. The van der Waals surface area contributed by atoms with Crippen LogP contribution in [0.4, 0.5) is 0 Å². The van der Waals surface area contributed by atoms with E-state index in [0.29, 0.717) is 0 Å². The van der Waals surface area contributed by atoms with Crippen molar-refractivity contribution in [1.82, 2.24) is 10.3 Å². The maximum Gasteiger partial charge on any atom is 0.0794 e. The van der Waals surface area contributed by atoms with E-state index in [1.165, 1.54) is 10.5 Å². The first kappa shape index (κ1) is 13.4. The minimum Gasteiger partial charge on any atom is -0.312 e. The van der Waals surface area contributed by atoms with Crippen molar-refractivity contribution in [1.29, 1.82) is 0 Å². The quantitative estimate of drug-likeness (QED) is 0.628. The molecule has 16 heavy (non-hydrogen) atoms. The van der Waals surface area contributed by atoms with Gasteiger partial charge in [0.05, 0.1) is 5.51 Å². The highest BCUT2D eigenvalue weighted by Gasteiger charge is 2.06. The molecule has 0 unspecified atom stereocenters. The zero-order valence-corrected chi connectivity index (χ0v) is 11.5. The molecule has 1 N–H and O–H groups in total. The molecule has 0 bridgehead atoms. The lowest BCUT2D eigenvalue weighted by Gasteiger charge is -2.19. The van der Waals surface area contributed by atoms with Crippen LogP contribution in [0.3, 0.4) is 0 Å². The smallest absolute Gasteiger partial charge is 0.0794 e. The number of hydrogen-bond acceptors (Lipinski definition) is 3. The molecule has 0 atom stereocenters. The third kappa shape index (κ3) is 6.03. The van der Waals surface area contributed by atoms with Crippen LogP contribution in [-0.2, 0) is 6.42 Å². The molecule has 90 valence electrons. The predicted octanol–water partition coefficient (Wildman–Crippen LogP) is 3.41. The first-order valence-corrected chi connectivity index (χ1v) is 6.63. The van der Waals surface area contributed by atoms with E-state index in [-0.39, 0.29) is 5.54 Å². The molecule has 2 nitrogen and oxygen atoms in total. The lowest BCUT2D eigenvalue weighted by atomic mass is 10.1. The first-order chi connectivity index (χ1) is 7.47. The number of nitrogens with one attached hydrogen (secondary N) is 1. The average Bonchev–Trinajstić information content (AvgIpc) is 2.63. The van der Waals surface area contributed by atoms with Crippen LogP contribution in [0.1, 0.15) is 39.0 Å². The molecule has 0 amide bonds. The summed E-state index contributed by atoms with van der Waals surface area (Å²) in [5.74, 6) is 0. The van der Waals surface area contributed by atoms with Gasteiger partial charge in [-0.3, -0.25) is 4.98 Å². The van der Waals surface area contributed by atoms with Crippen LogP contribution in [0.2, 0.25) is 0 Å². The predicted molar refractivity (Wildman–Crippen MR) is 71.9 cm³/mol. The number of thiazole rings is 1.